The number of carbonyl (C=O) groups excluding carboxylic acids is 1. The van der Waals surface area contributed by atoms with Crippen molar-refractivity contribution in [3.8, 4) is 5.75 Å². The predicted octanol–water partition coefficient (Wildman–Crippen LogP) is 2.89. The average Bonchev–Trinajstić information content (AvgIpc) is 3.13. The first-order valence-electron chi connectivity index (χ1n) is 9.08. The number of sulfone groups is 1. The normalized spacial score (nSPS) is 25.0. The molecule has 9 heteroatoms. The van der Waals surface area contributed by atoms with Crippen molar-refractivity contribution in [2.24, 2.45) is 4.99 Å². The van der Waals surface area contributed by atoms with E-state index < -0.39 is 27.7 Å². The highest BCUT2D eigenvalue weighted by atomic mass is 32.2. The van der Waals surface area contributed by atoms with Crippen molar-refractivity contribution in [3.63, 3.8) is 0 Å². The fraction of sp³-hybridized carbons (Fsp3) is 0.300. The number of nitrogens with zero attached hydrogens (tertiary/aromatic N) is 2. The Balaban J connectivity index is 1.61. The number of ether oxygens (including phenoxy) is 1. The van der Waals surface area contributed by atoms with Crippen LogP contribution in [0, 0.1) is 5.82 Å². The van der Waals surface area contributed by atoms with E-state index in [1.807, 2.05) is 6.07 Å². The number of benzene rings is 2. The molecule has 2 aromatic rings. The third-order valence-corrected chi connectivity index (χ3v) is 7.97. The standard InChI is InChI=1S/C20H19FN2O4S2/c1-13(27-16-8-3-2-4-9-16)19(24)22-20-23(15-7-5-6-14(21)10-15)17-11-29(25,26)12-18(17)28-20/h2-10,13,17-18H,11-12H2,1H3/t13-,17+,18-/m0/s1. The first-order chi connectivity index (χ1) is 13.8. The minimum Gasteiger partial charge on any atom is -0.481 e. The molecule has 0 N–H and O–H groups in total. The van der Waals surface area contributed by atoms with Gasteiger partial charge in [-0.25, -0.2) is 12.8 Å². The molecule has 3 atom stereocenters. The summed E-state index contributed by atoms with van der Waals surface area (Å²) in [5.74, 6) is -0.413. The van der Waals surface area contributed by atoms with Gasteiger partial charge < -0.3 is 9.64 Å². The summed E-state index contributed by atoms with van der Waals surface area (Å²) in [7, 11) is -3.19. The predicted molar refractivity (Wildman–Crippen MR) is 112 cm³/mol. The Morgan fingerprint density at radius 1 is 1.21 bits per heavy atom. The molecule has 2 aliphatic heterocycles. The lowest BCUT2D eigenvalue weighted by atomic mass is 10.2. The van der Waals surface area contributed by atoms with Crippen molar-refractivity contribution in [1.82, 2.24) is 0 Å². The van der Waals surface area contributed by atoms with Crippen molar-refractivity contribution in [1.29, 1.82) is 0 Å². The molecule has 0 unspecified atom stereocenters. The highest BCUT2D eigenvalue weighted by Crippen LogP contribution is 2.41. The largest absolute Gasteiger partial charge is 0.481 e. The Labute approximate surface area is 172 Å². The van der Waals surface area contributed by atoms with Gasteiger partial charge in [0, 0.05) is 10.9 Å². The highest BCUT2D eigenvalue weighted by molar-refractivity contribution is 8.16. The lowest BCUT2D eigenvalue weighted by molar-refractivity contribution is -0.123. The Kier molecular flexibility index (Phi) is 5.35. The van der Waals surface area contributed by atoms with Crippen molar-refractivity contribution >= 4 is 38.4 Å². The smallest absolute Gasteiger partial charge is 0.288 e. The number of amides is 1. The van der Waals surface area contributed by atoms with Gasteiger partial charge in [-0.15, -0.1) is 0 Å². The van der Waals surface area contributed by atoms with E-state index in [1.165, 1.54) is 23.9 Å². The third kappa shape index (κ3) is 4.30. The van der Waals surface area contributed by atoms with Gasteiger partial charge in [0.05, 0.1) is 17.5 Å². The molecule has 0 saturated carbocycles. The molecule has 2 saturated heterocycles. The minimum atomic E-state index is -3.19. The SMILES string of the molecule is C[C@H](Oc1ccccc1)C(=O)N=C1S[C@H]2CS(=O)(=O)C[C@H]2N1c1cccc(F)c1. The van der Waals surface area contributed by atoms with Gasteiger partial charge in [0.15, 0.2) is 21.1 Å². The zero-order valence-corrected chi connectivity index (χ0v) is 17.2. The van der Waals surface area contributed by atoms with Crippen LogP contribution < -0.4 is 9.64 Å². The summed E-state index contributed by atoms with van der Waals surface area (Å²) in [6.07, 6.45) is -0.816. The maximum Gasteiger partial charge on any atom is 0.288 e. The average molecular weight is 435 g/mol. The number of para-hydroxylation sites is 1. The molecule has 152 valence electrons. The van der Waals surface area contributed by atoms with E-state index in [1.54, 1.807) is 48.2 Å². The van der Waals surface area contributed by atoms with Crippen LogP contribution in [0.2, 0.25) is 0 Å². The fourth-order valence-corrected chi connectivity index (χ4v) is 7.35. The van der Waals surface area contributed by atoms with Gasteiger partial charge in [0.1, 0.15) is 11.6 Å². The zero-order chi connectivity index (χ0) is 20.6. The summed E-state index contributed by atoms with van der Waals surface area (Å²) in [4.78, 5) is 18.5. The second-order valence-corrected chi connectivity index (χ2v) is 10.3. The Hall–Kier alpha value is -2.39. The van der Waals surface area contributed by atoms with Crippen LogP contribution >= 0.6 is 11.8 Å². The van der Waals surface area contributed by atoms with Gasteiger partial charge in [0.25, 0.3) is 5.91 Å². The second kappa shape index (κ2) is 7.79. The number of halogens is 1. The molecular weight excluding hydrogens is 415 g/mol. The van der Waals surface area contributed by atoms with E-state index in [-0.39, 0.29) is 22.8 Å². The van der Waals surface area contributed by atoms with Crippen molar-refractivity contribution in [3.05, 3.63) is 60.4 Å². The second-order valence-electron chi connectivity index (χ2n) is 6.96. The molecule has 2 aromatic carbocycles. The topological polar surface area (TPSA) is 76.0 Å². The first kappa shape index (κ1) is 19.9. The number of carbonyl (C=O) groups is 1. The molecular formula is C20H19FN2O4S2. The van der Waals surface area contributed by atoms with E-state index in [0.29, 0.717) is 16.6 Å². The molecule has 29 heavy (non-hydrogen) atoms. The highest BCUT2D eigenvalue weighted by Gasteiger charge is 2.49. The first-order valence-corrected chi connectivity index (χ1v) is 11.8. The van der Waals surface area contributed by atoms with Crippen LogP contribution in [0.25, 0.3) is 0 Å². The molecule has 2 heterocycles. The van der Waals surface area contributed by atoms with Gasteiger partial charge in [0.2, 0.25) is 0 Å². The number of aliphatic imine (C=N–C) groups is 1. The maximum atomic E-state index is 13.8. The summed E-state index contributed by atoms with van der Waals surface area (Å²) in [5.41, 5.74) is 0.477. The van der Waals surface area contributed by atoms with E-state index in [2.05, 4.69) is 4.99 Å². The van der Waals surface area contributed by atoms with Crippen LogP contribution in [0.1, 0.15) is 6.92 Å². The van der Waals surface area contributed by atoms with Crippen LogP contribution in [0.15, 0.2) is 59.6 Å². The van der Waals surface area contributed by atoms with E-state index >= 15 is 0 Å². The lowest BCUT2D eigenvalue weighted by Gasteiger charge is -2.24. The van der Waals surface area contributed by atoms with Crippen molar-refractivity contribution < 1.29 is 22.3 Å². The summed E-state index contributed by atoms with van der Waals surface area (Å²) >= 11 is 1.24. The summed E-state index contributed by atoms with van der Waals surface area (Å²) in [5, 5.41) is 0.120. The molecule has 0 radical (unpaired) electrons. The Morgan fingerprint density at radius 3 is 2.69 bits per heavy atom. The molecule has 2 aliphatic rings. The number of hydrogen-bond acceptors (Lipinski definition) is 5. The van der Waals surface area contributed by atoms with E-state index in [9.17, 15) is 17.6 Å². The number of hydrogen-bond donors (Lipinski definition) is 0. The molecule has 6 nitrogen and oxygen atoms in total. The molecule has 0 spiro atoms. The molecule has 4 rings (SSSR count). The number of rotatable bonds is 4. The third-order valence-electron chi connectivity index (χ3n) is 4.76. The Bertz CT molecular complexity index is 1060. The molecule has 0 aromatic heterocycles. The maximum absolute atomic E-state index is 13.8. The number of thioether (sulfide) groups is 1. The quantitative estimate of drug-likeness (QED) is 0.737. The van der Waals surface area contributed by atoms with E-state index in [4.69, 9.17) is 4.74 Å². The Morgan fingerprint density at radius 2 is 1.97 bits per heavy atom. The molecule has 0 aliphatic carbocycles. The lowest BCUT2D eigenvalue weighted by Crippen LogP contribution is -2.38. The monoisotopic (exact) mass is 434 g/mol. The van der Waals surface area contributed by atoms with Crippen LogP contribution in [0.5, 0.6) is 5.75 Å². The van der Waals surface area contributed by atoms with Crippen molar-refractivity contribution in [2.75, 3.05) is 16.4 Å². The van der Waals surface area contributed by atoms with Crippen LogP contribution in [-0.2, 0) is 14.6 Å². The van der Waals surface area contributed by atoms with Gasteiger partial charge in [-0.1, -0.05) is 36.0 Å². The van der Waals surface area contributed by atoms with Gasteiger partial charge >= 0.3 is 0 Å². The minimum absolute atomic E-state index is 0.0113. The van der Waals surface area contributed by atoms with Crippen LogP contribution in [-0.4, -0.2) is 48.4 Å². The number of fused-ring (bicyclic) bond motifs is 1. The van der Waals surface area contributed by atoms with Crippen molar-refractivity contribution in [2.45, 2.75) is 24.3 Å². The van der Waals surface area contributed by atoms with E-state index in [0.717, 1.165) is 0 Å². The zero-order valence-electron chi connectivity index (χ0n) is 15.6. The van der Waals surface area contributed by atoms with Gasteiger partial charge in [-0.2, -0.15) is 4.99 Å². The molecule has 1 amide bonds. The number of anilines is 1. The summed E-state index contributed by atoms with van der Waals surface area (Å²) in [6.45, 7) is 1.61. The fourth-order valence-electron chi connectivity index (χ4n) is 3.43. The molecule has 0 bridgehead atoms. The number of amidine groups is 1. The van der Waals surface area contributed by atoms with Crippen LogP contribution in [0.4, 0.5) is 10.1 Å². The molecule has 2 fully saturated rings. The van der Waals surface area contributed by atoms with Crippen LogP contribution in [0.3, 0.4) is 0 Å². The summed E-state index contributed by atoms with van der Waals surface area (Å²) < 4.78 is 43.6. The van der Waals surface area contributed by atoms with Gasteiger partial charge in [-0.05, 0) is 37.3 Å². The van der Waals surface area contributed by atoms with Gasteiger partial charge in [-0.3, -0.25) is 4.79 Å². The summed E-state index contributed by atoms with van der Waals surface area (Å²) in [6, 6.07) is 14.4.